The summed E-state index contributed by atoms with van der Waals surface area (Å²) in [5, 5.41) is 6.12. The van der Waals surface area contributed by atoms with Crippen LogP contribution in [0.1, 0.15) is 18.1 Å². The van der Waals surface area contributed by atoms with Gasteiger partial charge in [0.05, 0.1) is 6.54 Å². The zero-order valence-electron chi connectivity index (χ0n) is 12.2. The van der Waals surface area contributed by atoms with Gasteiger partial charge in [-0.25, -0.2) is 0 Å². The molecule has 0 bridgehead atoms. The maximum Gasteiger partial charge on any atom is 0.243 e. The van der Waals surface area contributed by atoms with Crippen molar-refractivity contribution in [1.29, 1.82) is 0 Å². The minimum absolute atomic E-state index is 0.0399. The first-order valence-corrected chi connectivity index (χ1v) is 7.77. The predicted octanol–water partition coefficient (Wildman–Crippen LogP) is 4.37. The van der Waals surface area contributed by atoms with Gasteiger partial charge in [0.1, 0.15) is 0 Å². The van der Waals surface area contributed by atoms with Crippen LogP contribution in [0.2, 0.25) is 0 Å². The Hall–Kier alpha value is -1.81. The summed E-state index contributed by atoms with van der Waals surface area (Å²) >= 11 is 3.39. The molecule has 21 heavy (non-hydrogen) atoms. The van der Waals surface area contributed by atoms with Crippen LogP contribution in [-0.4, -0.2) is 12.5 Å². The fourth-order valence-electron chi connectivity index (χ4n) is 2.14. The lowest BCUT2D eigenvalue weighted by molar-refractivity contribution is -0.114. The molecular weight excluding hydrogens is 328 g/mol. The molecule has 1 amide bonds. The van der Waals surface area contributed by atoms with Gasteiger partial charge in [-0.1, -0.05) is 41.1 Å². The van der Waals surface area contributed by atoms with Gasteiger partial charge in [-0.05, 0) is 48.7 Å². The van der Waals surface area contributed by atoms with Gasteiger partial charge in [0.2, 0.25) is 5.91 Å². The van der Waals surface area contributed by atoms with Gasteiger partial charge in [-0.3, -0.25) is 4.79 Å². The molecule has 2 aromatic rings. The highest BCUT2D eigenvalue weighted by Gasteiger charge is 2.08. The molecule has 0 atom stereocenters. The summed E-state index contributed by atoms with van der Waals surface area (Å²) in [6.45, 7) is 4.35. The molecule has 0 saturated heterocycles. The summed E-state index contributed by atoms with van der Waals surface area (Å²) in [6, 6.07) is 13.8. The summed E-state index contributed by atoms with van der Waals surface area (Å²) in [5.74, 6) is -0.0399. The highest BCUT2D eigenvalue weighted by molar-refractivity contribution is 9.10. The third kappa shape index (κ3) is 4.33. The van der Waals surface area contributed by atoms with Crippen LogP contribution in [-0.2, 0) is 11.2 Å². The second kappa shape index (κ2) is 7.27. The van der Waals surface area contributed by atoms with Gasteiger partial charge in [0, 0.05) is 15.8 Å². The largest absolute Gasteiger partial charge is 0.376 e. The van der Waals surface area contributed by atoms with Crippen LogP contribution in [0.4, 0.5) is 11.4 Å². The SMILES string of the molecule is CCc1cccc(C)c1NC(=O)CNc1ccc(Br)cc1. The molecule has 0 aromatic heterocycles. The molecule has 0 unspecified atom stereocenters. The number of hydrogen-bond donors (Lipinski definition) is 2. The molecule has 2 aromatic carbocycles. The van der Waals surface area contributed by atoms with Gasteiger partial charge in [0.15, 0.2) is 0 Å². The van der Waals surface area contributed by atoms with Crippen LogP contribution in [0.5, 0.6) is 0 Å². The Kier molecular flexibility index (Phi) is 5.39. The summed E-state index contributed by atoms with van der Waals surface area (Å²) in [5.41, 5.74) is 4.11. The molecule has 0 fully saturated rings. The third-order valence-corrected chi connectivity index (χ3v) is 3.83. The van der Waals surface area contributed by atoms with Crippen molar-refractivity contribution in [3.63, 3.8) is 0 Å². The average molecular weight is 347 g/mol. The molecule has 0 saturated carbocycles. The number of carbonyl (C=O) groups is 1. The number of anilines is 2. The van der Waals surface area contributed by atoms with E-state index in [-0.39, 0.29) is 12.5 Å². The quantitative estimate of drug-likeness (QED) is 0.843. The lowest BCUT2D eigenvalue weighted by atomic mass is 10.1. The van der Waals surface area contributed by atoms with Crippen LogP contribution in [0.3, 0.4) is 0 Å². The van der Waals surface area contributed by atoms with Gasteiger partial charge < -0.3 is 10.6 Å². The minimum atomic E-state index is -0.0399. The lowest BCUT2D eigenvalue weighted by Gasteiger charge is -2.13. The van der Waals surface area contributed by atoms with E-state index in [0.717, 1.165) is 33.4 Å². The Bertz CT molecular complexity index is 623. The van der Waals surface area contributed by atoms with Gasteiger partial charge in [-0.15, -0.1) is 0 Å². The fraction of sp³-hybridized carbons (Fsp3) is 0.235. The lowest BCUT2D eigenvalue weighted by Crippen LogP contribution is -2.22. The van der Waals surface area contributed by atoms with Crippen LogP contribution < -0.4 is 10.6 Å². The first-order chi connectivity index (χ1) is 10.1. The van der Waals surface area contributed by atoms with Gasteiger partial charge in [0.25, 0.3) is 0 Å². The molecule has 3 nitrogen and oxygen atoms in total. The zero-order chi connectivity index (χ0) is 15.2. The average Bonchev–Trinajstić information content (AvgIpc) is 2.49. The molecule has 2 N–H and O–H groups in total. The van der Waals surface area contributed by atoms with E-state index < -0.39 is 0 Å². The molecule has 0 radical (unpaired) electrons. The van der Waals surface area contributed by atoms with E-state index >= 15 is 0 Å². The third-order valence-electron chi connectivity index (χ3n) is 3.30. The van der Waals surface area contributed by atoms with Crippen molar-refractivity contribution in [2.24, 2.45) is 0 Å². The monoisotopic (exact) mass is 346 g/mol. The van der Waals surface area contributed by atoms with Crippen LogP contribution in [0.25, 0.3) is 0 Å². The van der Waals surface area contributed by atoms with E-state index in [1.54, 1.807) is 0 Å². The van der Waals surface area contributed by atoms with Gasteiger partial charge in [-0.2, -0.15) is 0 Å². The van der Waals surface area contributed by atoms with Crippen LogP contribution >= 0.6 is 15.9 Å². The number of benzene rings is 2. The normalized spacial score (nSPS) is 10.2. The standard InChI is InChI=1S/C17H19BrN2O/c1-3-13-6-4-5-12(2)17(13)20-16(21)11-19-15-9-7-14(18)8-10-15/h4-10,19H,3,11H2,1-2H3,(H,20,21). The molecule has 110 valence electrons. The van der Waals surface area contributed by atoms with Crippen molar-refractivity contribution in [3.05, 3.63) is 58.1 Å². The second-order valence-electron chi connectivity index (χ2n) is 4.87. The first kappa shape index (κ1) is 15.6. The first-order valence-electron chi connectivity index (χ1n) is 6.98. The minimum Gasteiger partial charge on any atom is -0.376 e. The summed E-state index contributed by atoms with van der Waals surface area (Å²) in [7, 11) is 0. The van der Waals surface area contributed by atoms with Crippen LogP contribution in [0.15, 0.2) is 46.9 Å². The molecule has 4 heteroatoms. The van der Waals surface area contributed by atoms with Crippen molar-refractivity contribution >= 4 is 33.2 Å². The van der Waals surface area contributed by atoms with E-state index in [9.17, 15) is 4.79 Å². The maximum atomic E-state index is 12.1. The number of nitrogens with one attached hydrogen (secondary N) is 2. The number of carbonyl (C=O) groups excluding carboxylic acids is 1. The van der Waals surface area contributed by atoms with E-state index in [0.29, 0.717) is 0 Å². The van der Waals surface area contributed by atoms with E-state index in [4.69, 9.17) is 0 Å². The second-order valence-corrected chi connectivity index (χ2v) is 5.79. The highest BCUT2D eigenvalue weighted by Crippen LogP contribution is 2.21. The molecule has 0 spiro atoms. The Morgan fingerprint density at radius 2 is 1.86 bits per heavy atom. The summed E-state index contributed by atoms with van der Waals surface area (Å²) < 4.78 is 1.02. The molecule has 0 aliphatic rings. The van der Waals surface area contributed by atoms with Crippen molar-refractivity contribution in [3.8, 4) is 0 Å². The predicted molar refractivity (Wildman–Crippen MR) is 91.8 cm³/mol. The van der Waals surface area contributed by atoms with Crippen molar-refractivity contribution in [2.45, 2.75) is 20.3 Å². The zero-order valence-corrected chi connectivity index (χ0v) is 13.8. The van der Waals surface area contributed by atoms with Crippen LogP contribution in [0, 0.1) is 6.92 Å². The highest BCUT2D eigenvalue weighted by atomic mass is 79.9. The Morgan fingerprint density at radius 3 is 2.52 bits per heavy atom. The molecule has 0 heterocycles. The number of halogens is 1. The summed E-state index contributed by atoms with van der Waals surface area (Å²) in [6.07, 6.45) is 0.900. The van der Waals surface area contributed by atoms with E-state index in [2.05, 4.69) is 33.5 Å². The van der Waals surface area contributed by atoms with Crippen molar-refractivity contribution in [1.82, 2.24) is 0 Å². The molecule has 0 aliphatic heterocycles. The number of hydrogen-bond acceptors (Lipinski definition) is 2. The number of aryl methyl sites for hydroxylation is 2. The number of rotatable bonds is 5. The van der Waals surface area contributed by atoms with Crippen molar-refractivity contribution < 1.29 is 4.79 Å². The van der Waals surface area contributed by atoms with E-state index in [1.807, 2.05) is 49.4 Å². The fourth-order valence-corrected chi connectivity index (χ4v) is 2.40. The summed E-state index contributed by atoms with van der Waals surface area (Å²) in [4.78, 5) is 12.1. The smallest absolute Gasteiger partial charge is 0.243 e. The molecule has 2 rings (SSSR count). The van der Waals surface area contributed by atoms with E-state index in [1.165, 1.54) is 0 Å². The van der Waals surface area contributed by atoms with Gasteiger partial charge >= 0.3 is 0 Å². The number of para-hydroxylation sites is 1. The van der Waals surface area contributed by atoms with Crippen molar-refractivity contribution in [2.75, 3.05) is 17.2 Å². The molecule has 0 aliphatic carbocycles. The molecular formula is C17H19BrN2O. The maximum absolute atomic E-state index is 12.1. The number of amides is 1. The topological polar surface area (TPSA) is 41.1 Å². The Balaban J connectivity index is 1.97. The Labute approximate surface area is 133 Å². The Morgan fingerprint density at radius 1 is 1.14 bits per heavy atom.